The lowest BCUT2D eigenvalue weighted by atomic mass is 10.0. The van der Waals surface area contributed by atoms with E-state index in [1.54, 1.807) is 24.3 Å². The lowest BCUT2D eigenvalue weighted by Gasteiger charge is -2.29. The molecular formula is C13H17ClN2O. The van der Waals surface area contributed by atoms with Crippen molar-refractivity contribution in [2.75, 3.05) is 19.6 Å². The van der Waals surface area contributed by atoms with Crippen LogP contribution in [-0.2, 0) is 0 Å². The molecule has 3 nitrogen and oxygen atoms in total. The summed E-state index contributed by atoms with van der Waals surface area (Å²) < 4.78 is 0. The topological polar surface area (TPSA) is 46.3 Å². The SMILES string of the molecule is NC1CCN(CC(=O)c2ccc(Cl)cc2)CC1. The van der Waals surface area contributed by atoms with Crippen LogP contribution in [0.5, 0.6) is 0 Å². The van der Waals surface area contributed by atoms with Crippen LogP contribution in [0.15, 0.2) is 24.3 Å². The van der Waals surface area contributed by atoms with Gasteiger partial charge in [0.15, 0.2) is 5.78 Å². The van der Waals surface area contributed by atoms with Crippen LogP contribution in [-0.4, -0.2) is 36.4 Å². The van der Waals surface area contributed by atoms with Crippen LogP contribution in [0.1, 0.15) is 23.2 Å². The molecule has 0 aromatic heterocycles. The Morgan fingerprint density at radius 3 is 2.47 bits per heavy atom. The normalized spacial score (nSPS) is 18.2. The highest BCUT2D eigenvalue weighted by atomic mass is 35.5. The number of rotatable bonds is 3. The van der Waals surface area contributed by atoms with Crippen molar-refractivity contribution in [2.45, 2.75) is 18.9 Å². The number of likely N-dealkylation sites (tertiary alicyclic amines) is 1. The predicted molar refractivity (Wildman–Crippen MR) is 69.4 cm³/mol. The molecule has 1 aliphatic heterocycles. The maximum absolute atomic E-state index is 12.0. The molecule has 0 bridgehead atoms. The molecule has 0 unspecified atom stereocenters. The summed E-state index contributed by atoms with van der Waals surface area (Å²) in [5, 5.41) is 0.658. The minimum atomic E-state index is 0.150. The van der Waals surface area contributed by atoms with Crippen molar-refractivity contribution in [2.24, 2.45) is 5.73 Å². The number of carbonyl (C=O) groups is 1. The molecule has 2 N–H and O–H groups in total. The van der Waals surface area contributed by atoms with Gasteiger partial charge in [-0.15, -0.1) is 0 Å². The van der Waals surface area contributed by atoms with Gasteiger partial charge < -0.3 is 5.73 Å². The Hall–Kier alpha value is -0.900. The molecule has 0 aliphatic carbocycles. The molecule has 1 aromatic rings. The fourth-order valence-corrected chi connectivity index (χ4v) is 2.17. The highest BCUT2D eigenvalue weighted by Crippen LogP contribution is 2.12. The Labute approximate surface area is 107 Å². The van der Waals surface area contributed by atoms with Crippen molar-refractivity contribution in [1.82, 2.24) is 4.90 Å². The van der Waals surface area contributed by atoms with Crippen molar-refractivity contribution >= 4 is 17.4 Å². The Morgan fingerprint density at radius 1 is 1.29 bits per heavy atom. The van der Waals surface area contributed by atoms with Gasteiger partial charge in [0.05, 0.1) is 6.54 Å². The molecule has 0 saturated carbocycles. The summed E-state index contributed by atoms with van der Waals surface area (Å²) in [4.78, 5) is 14.2. The fraction of sp³-hybridized carbons (Fsp3) is 0.462. The lowest BCUT2D eigenvalue weighted by molar-refractivity contribution is 0.0910. The van der Waals surface area contributed by atoms with E-state index in [2.05, 4.69) is 4.90 Å². The lowest BCUT2D eigenvalue weighted by Crippen LogP contribution is -2.41. The van der Waals surface area contributed by atoms with E-state index in [0.717, 1.165) is 31.5 Å². The summed E-state index contributed by atoms with van der Waals surface area (Å²) in [5.41, 5.74) is 6.56. The third kappa shape index (κ3) is 3.53. The molecule has 1 fully saturated rings. The van der Waals surface area contributed by atoms with Crippen LogP contribution in [0.3, 0.4) is 0 Å². The van der Waals surface area contributed by atoms with Gasteiger partial charge in [0.1, 0.15) is 0 Å². The first-order valence-corrected chi connectivity index (χ1v) is 6.29. The Kier molecular flexibility index (Phi) is 4.15. The van der Waals surface area contributed by atoms with Crippen LogP contribution < -0.4 is 5.73 Å². The standard InChI is InChI=1S/C13H17ClN2O/c14-11-3-1-10(2-4-11)13(17)9-16-7-5-12(15)6-8-16/h1-4,12H,5-9,15H2. The predicted octanol–water partition coefficient (Wildman–Crippen LogP) is 1.95. The smallest absolute Gasteiger partial charge is 0.176 e. The van der Waals surface area contributed by atoms with E-state index in [4.69, 9.17) is 17.3 Å². The van der Waals surface area contributed by atoms with Crippen LogP contribution in [0, 0.1) is 0 Å². The summed E-state index contributed by atoms with van der Waals surface area (Å²) in [7, 11) is 0. The van der Waals surface area contributed by atoms with Crippen LogP contribution in [0.25, 0.3) is 0 Å². The maximum atomic E-state index is 12.0. The van der Waals surface area contributed by atoms with E-state index in [-0.39, 0.29) is 5.78 Å². The van der Waals surface area contributed by atoms with E-state index < -0.39 is 0 Å². The fourth-order valence-electron chi connectivity index (χ4n) is 2.04. The van der Waals surface area contributed by atoms with E-state index >= 15 is 0 Å². The Bertz CT molecular complexity index is 383. The highest BCUT2D eigenvalue weighted by molar-refractivity contribution is 6.30. The Morgan fingerprint density at radius 2 is 1.88 bits per heavy atom. The first kappa shape index (κ1) is 12.6. The van der Waals surface area contributed by atoms with Crippen molar-refractivity contribution in [3.63, 3.8) is 0 Å². The molecule has 2 rings (SSSR count). The van der Waals surface area contributed by atoms with Gasteiger partial charge in [-0.1, -0.05) is 11.6 Å². The first-order valence-electron chi connectivity index (χ1n) is 5.92. The molecule has 0 atom stereocenters. The maximum Gasteiger partial charge on any atom is 0.176 e. The third-order valence-corrected chi connectivity index (χ3v) is 3.42. The number of hydrogen-bond acceptors (Lipinski definition) is 3. The van der Waals surface area contributed by atoms with Crippen LogP contribution in [0.4, 0.5) is 0 Å². The third-order valence-electron chi connectivity index (χ3n) is 3.17. The van der Waals surface area contributed by atoms with Crippen molar-refractivity contribution in [3.05, 3.63) is 34.9 Å². The van der Waals surface area contributed by atoms with E-state index in [9.17, 15) is 4.79 Å². The molecular weight excluding hydrogens is 236 g/mol. The molecule has 0 amide bonds. The number of Topliss-reactive ketones (excluding diaryl/α,β-unsaturated/α-hetero) is 1. The Balaban J connectivity index is 1.91. The minimum absolute atomic E-state index is 0.150. The molecule has 0 radical (unpaired) electrons. The van der Waals surface area contributed by atoms with Gasteiger partial charge in [-0.3, -0.25) is 9.69 Å². The molecule has 1 aromatic carbocycles. The molecule has 17 heavy (non-hydrogen) atoms. The molecule has 4 heteroatoms. The van der Waals surface area contributed by atoms with E-state index in [0.29, 0.717) is 17.6 Å². The summed E-state index contributed by atoms with van der Waals surface area (Å²) in [6, 6.07) is 7.36. The van der Waals surface area contributed by atoms with Gasteiger partial charge in [0.25, 0.3) is 0 Å². The zero-order valence-corrected chi connectivity index (χ0v) is 10.5. The number of hydrogen-bond donors (Lipinski definition) is 1. The van der Waals surface area contributed by atoms with Gasteiger partial charge in [-0.2, -0.15) is 0 Å². The van der Waals surface area contributed by atoms with Crippen molar-refractivity contribution in [3.8, 4) is 0 Å². The number of halogens is 1. The number of nitrogens with zero attached hydrogens (tertiary/aromatic N) is 1. The summed E-state index contributed by atoms with van der Waals surface area (Å²) >= 11 is 5.79. The minimum Gasteiger partial charge on any atom is -0.328 e. The first-order chi connectivity index (χ1) is 8.15. The number of benzene rings is 1. The van der Waals surface area contributed by atoms with Crippen molar-refractivity contribution in [1.29, 1.82) is 0 Å². The summed E-state index contributed by atoms with van der Waals surface area (Å²) in [6.45, 7) is 2.31. The number of ketones is 1. The molecule has 0 spiro atoms. The monoisotopic (exact) mass is 252 g/mol. The second-order valence-corrected chi connectivity index (χ2v) is 4.98. The zero-order chi connectivity index (χ0) is 12.3. The van der Waals surface area contributed by atoms with Gasteiger partial charge in [0.2, 0.25) is 0 Å². The van der Waals surface area contributed by atoms with Gasteiger partial charge in [-0.05, 0) is 37.1 Å². The summed E-state index contributed by atoms with van der Waals surface area (Å²) in [5.74, 6) is 0.150. The molecule has 1 heterocycles. The largest absolute Gasteiger partial charge is 0.328 e. The second-order valence-electron chi connectivity index (χ2n) is 4.54. The summed E-state index contributed by atoms with van der Waals surface area (Å²) in [6.07, 6.45) is 1.96. The quantitative estimate of drug-likeness (QED) is 0.837. The number of nitrogens with two attached hydrogens (primary N) is 1. The van der Waals surface area contributed by atoms with Crippen LogP contribution >= 0.6 is 11.6 Å². The van der Waals surface area contributed by atoms with Gasteiger partial charge in [-0.25, -0.2) is 0 Å². The zero-order valence-electron chi connectivity index (χ0n) is 9.73. The van der Waals surface area contributed by atoms with Crippen LogP contribution in [0.2, 0.25) is 5.02 Å². The molecule has 1 saturated heterocycles. The molecule has 92 valence electrons. The van der Waals surface area contributed by atoms with Gasteiger partial charge in [0, 0.05) is 29.7 Å². The van der Waals surface area contributed by atoms with Crippen molar-refractivity contribution < 1.29 is 4.79 Å². The number of carbonyl (C=O) groups excluding carboxylic acids is 1. The van der Waals surface area contributed by atoms with E-state index in [1.165, 1.54) is 0 Å². The van der Waals surface area contributed by atoms with Gasteiger partial charge >= 0.3 is 0 Å². The van der Waals surface area contributed by atoms with E-state index in [1.807, 2.05) is 0 Å². The average Bonchev–Trinajstić information content (AvgIpc) is 2.33. The number of piperidine rings is 1. The highest BCUT2D eigenvalue weighted by Gasteiger charge is 2.18. The average molecular weight is 253 g/mol. The molecule has 1 aliphatic rings. The second kappa shape index (κ2) is 5.63.